The quantitative estimate of drug-likeness (QED) is 0.720. The van der Waals surface area contributed by atoms with E-state index in [2.05, 4.69) is 15.0 Å². The smallest absolute Gasteiger partial charge is 0.234 e. The molecule has 3 aromatic heterocycles. The third kappa shape index (κ3) is 2.62. The van der Waals surface area contributed by atoms with Gasteiger partial charge in [0.1, 0.15) is 5.69 Å². The first kappa shape index (κ1) is 14.7. The Morgan fingerprint density at radius 2 is 2.17 bits per heavy atom. The zero-order chi connectivity index (χ0) is 16.5. The molecule has 7 heteroatoms. The molecule has 1 atom stereocenters. The van der Waals surface area contributed by atoms with Crippen LogP contribution in [0.15, 0.2) is 37.1 Å². The van der Waals surface area contributed by atoms with Gasteiger partial charge in [-0.05, 0) is 18.9 Å². The molecule has 1 unspecified atom stereocenters. The van der Waals surface area contributed by atoms with Gasteiger partial charge in [-0.2, -0.15) is 0 Å². The summed E-state index contributed by atoms with van der Waals surface area (Å²) in [4.78, 5) is 31.2. The molecular weight excluding hydrogens is 304 g/mol. The van der Waals surface area contributed by atoms with Crippen LogP contribution in [-0.2, 0) is 4.79 Å². The molecule has 0 spiro atoms. The number of piperidine rings is 1. The van der Waals surface area contributed by atoms with Crippen LogP contribution >= 0.6 is 0 Å². The highest BCUT2D eigenvalue weighted by molar-refractivity contribution is 5.73. The fourth-order valence-electron chi connectivity index (χ4n) is 3.22. The molecule has 0 radical (unpaired) electrons. The summed E-state index contributed by atoms with van der Waals surface area (Å²) in [6.45, 7) is 3.16. The zero-order valence-electron chi connectivity index (χ0n) is 13.5. The van der Waals surface area contributed by atoms with E-state index in [4.69, 9.17) is 4.98 Å². The Bertz CT molecular complexity index is 889. The van der Waals surface area contributed by atoms with Crippen molar-refractivity contribution in [3.8, 4) is 11.4 Å². The van der Waals surface area contributed by atoms with E-state index < -0.39 is 0 Å². The first-order valence-electron chi connectivity index (χ1n) is 8.08. The van der Waals surface area contributed by atoms with Crippen LogP contribution in [0.5, 0.6) is 0 Å². The number of carbonyl (C=O) groups excluding carboxylic acids is 1. The van der Waals surface area contributed by atoms with E-state index in [9.17, 15) is 4.79 Å². The maximum Gasteiger partial charge on any atom is 0.234 e. The molecule has 0 aliphatic carbocycles. The van der Waals surface area contributed by atoms with E-state index in [1.165, 1.54) is 0 Å². The SMILES string of the molecule is CC(=O)N1CCCC(c2cncc(-c3cnc4ncccn34)n2)C1. The van der Waals surface area contributed by atoms with Crippen LogP contribution < -0.4 is 0 Å². The van der Waals surface area contributed by atoms with Crippen molar-refractivity contribution in [1.82, 2.24) is 29.2 Å². The predicted molar refractivity (Wildman–Crippen MR) is 88.2 cm³/mol. The van der Waals surface area contributed by atoms with Gasteiger partial charge in [0.2, 0.25) is 11.7 Å². The minimum Gasteiger partial charge on any atom is -0.342 e. The average molecular weight is 322 g/mol. The third-order valence-electron chi connectivity index (χ3n) is 4.49. The predicted octanol–water partition coefficient (Wildman–Crippen LogP) is 1.91. The molecule has 122 valence electrons. The minimum atomic E-state index is 0.122. The maximum atomic E-state index is 11.6. The number of imidazole rings is 1. The topological polar surface area (TPSA) is 76.3 Å². The Hall–Kier alpha value is -2.83. The lowest BCUT2D eigenvalue weighted by molar-refractivity contribution is -0.130. The van der Waals surface area contributed by atoms with E-state index >= 15 is 0 Å². The number of rotatable bonds is 2. The third-order valence-corrected chi connectivity index (χ3v) is 4.49. The van der Waals surface area contributed by atoms with Gasteiger partial charge in [0.05, 0.1) is 23.8 Å². The standard InChI is InChI=1S/C17H18N6O/c1-12(24)22-6-2-4-13(11-22)14-8-18-9-15(21-14)16-10-20-17-19-5-3-7-23(16)17/h3,5,7-10,13H,2,4,6,11H2,1H3. The average Bonchev–Trinajstić information content (AvgIpc) is 3.06. The van der Waals surface area contributed by atoms with Crippen molar-refractivity contribution < 1.29 is 4.79 Å². The normalized spacial score (nSPS) is 18.0. The monoisotopic (exact) mass is 322 g/mol. The Morgan fingerprint density at radius 1 is 1.25 bits per heavy atom. The van der Waals surface area contributed by atoms with Gasteiger partial charge in [-0.25, -0.2) is 15.0 Å². The van der Waals surface area contributed by atoms with Gasteiger partial charge in [0.15, 0.2) is 0 Å². The van der Waals surface area contributed by atoms with Crippen LogP contribution in [0.3, 0.4) is 0 Å². The number of hydrogen-bond acceptors (Lipinski definition) is 5. The van der Waals surface area contributed by atoms with Crippen molar-refractivity contribution in [2.24, 2.45) is 0 Å². The number of fused-ring (bicyclic) bond motifs is 1. The number of hydrogen-bond donors (Lipinski definition) is 0. The highest BCUT2D eigenvalue weighted by Crippen LogP contribution is 2.27. The number of aromatic nitrogens is 5. The molecule has 4 heterocycles. The van der Waals surface area contributed by atoms with Crippen LogP contribution in [-0.4, -0.2) is 48.2 Å². The second-order valence-electron chi connectivity index (χ2n) is 6.07. The van der Waals surface area contributed by atoms with Gasteiger partial charge >= 0.3 is 0 Å². The summed E-state index contributed by atoms with van der Waals surface area (Å²) >= 11 is 0. The van der Waals surface area contributed by atoms with Gasteiger partial charge in [0.25, 0.3) is 0 Å². The first-order valence-corrected chi connectivity index (χ1v) is 8.08. The van der Waals surface area contributed by atoms with Crippen LogP contribution in [0.25, 0.3) is 17.2 Å². The zero-order valence-corrected chi connectivity index (χ0v) is 13.5. The molecule has 3 aromatic rings. The van der Waals surface area contributed by atoms with Crippen molar-refractivity contribution in [2.75, 3.05) is 13.1 Å². The molecule has 24 heavy (non-hydrogen) atoms. The highest BCUT2D eigenvalue weighted by Gasteiger charge is 2.24. The molecule has 1 aliphatic rings. The lowest BCUT2D eigenvalue weighted by Gasteiger charge is -2.31. The molecule has 0 aromatic carbocycles. The lowest BCUT2D eigenvalue weighted by atomic mass is 9.95. The van der Waals surface area contributed by atoms with Crippen LogP contribution in [0.4, 0.5) is 0 Å². The molecule has 1 saturated heterocycles. The summed E-state index contributed by atoms with van der Waals surface area (Å²) in [7, 11) is 0. The summed E-state index contributed by atoms with van der Waals surface area (Å²) in [5, 5.41) is 0. The van der Waals surface area contributed by atoms with Crippen molar-refractivity contribution in [2.45, 2.75) is 25.7 Å². The van der Waals surface area contributed by atoms with Crippen LogP contribution in [0, 0.1) is 0 Å². The largest absolute Gasteiger partial charge is 0.342 e. The fraction of sp³-hybridized carbons (Fsp3) is 0.353. The second kappa shape index (κ2) is 5.99. The fourth-order valence-corrected chi connectivity index (χ4v) is 3.22. The van der Waals surface area contributed by atoms with E-state index in [0.717, 1.165) is 36.5 Å². The summed E-state index contributed by atoms with van der Waals surface area (Å²) in [6.07, 6.45) is 11.0. The van der Waals surface area contributed by atoms with E-state index in [1.54, 1.807) is 31.7 Å². The number of nitrogens with zero attached hydrogens (tertiary/aromatic N) is 6. The van der Waals surface area contributed by atoms with E-state index in [1.807, 2.05) is 21.6 Å². The molecule has 1 fully saturated rings. The summed E-state index contributed by atoms with van der Waals surface area (Å²) in [5.41, 5.74) is 2.57. The molecule has 1 amide bonds. The van der Waals surface area contributed by atoms with Crippen molar-refractivity contribution in [3.63, 3.8) is 0 Å². The van der Waals surface area contributed by atoms with Gasteiger partial charge < -0.3 is 4.90 Å². The Kier molecular flexibility index (Phi) is 3.68. The molecule has 0 N–H and O–H groups in total. The van der Waals surface area contributed by atoms with Crippen molar-refractivity contribution in [3.05, 3.63) is 42.7 Å². The highest BCUT2D eigenvalue weighted by atomic mass is 16.2. The van der Waals surface area contributed by atoms with Gasteiger partial charge in [-0.1, -0.05) is 0 Å². The lowest BCUT2D eigenvalue weighted by Crippen LogP contribution is -2.37. The molecule has 0 bridgehead atoms. The number of likely N-dealkylation sites (tertiary alicyclic amines) is 1. The molecule has 1 aliphatic heterocycles. The Balaban J connectivity index is 1.68. The van der Waals surface area contributed by atoms with Crippen LogP contribution in [0.1, 0.15) is 31.4 Å². The van der Waals surface area contributed by atoms with Crippen molar-refractivity contribution in [1.29, 1.82) is 0 Å². The van der Waals surface area contributed by atoms with E-state index in [-0.39, 0.29) is 11.8 Å². The summed E-state index contributed by atoms with van der Waals surface area (Å²) in [6, 6.07) is 1.86. The Labute approximate surface area is 139 Å². The van der Waals surface area contributed by atoms with Gasteiger partial charge in [0, 0.05) is 44.5 Å². The van der Waals surface area contributed by atoms with Crippen LogP contribution in [0.2, 0.25) is 0 Å². The second-order valence-corrected chi connectivity index (χ2v) is 6.07. The molecule has 4 rings (SSSR count). The summed E-state index contributed by atoms with van der Waals surface area (Å²) in [5.74, 6) is 0.990. The molecular formula is C17H18N6O. The van der Waals surface area contributed by atoms with Gasteiger partial charge in [-0.3, -0.25) is 14.2 Å². The summed E-state index contributed by atoms with van der Waals surface area (Å²) < 4.78 is 1.90. The molecule has 0 saturated carbocycles. The number of amides is 1. The Morgan fingerprint density at radius 3 is 3.04 bits per heavy atom. The molecule has 7 nitrogen and oxygen atoms in total. The minimum absolute atomic E-state index is 0.122. The first-order chi connectivity index (χ1) is 11.7. The van der Waals surface area contributed by atoms with Crippen molar-refractivity contribution >= 4 is 11.7 Å². The maximum absolute atomic E-state index is 11.6. The van der Waals surface area contributed by atoms with Gasteiger partial charge in [-0.15, -0.1) is 0 Å². The van der Waals surface area contributed by atoms with E-state index in [0.29, 0.717) is 12.3 Å². The number of carbonyl (C=O) groups is 1.